The summed E-state index contributed by atoms with van der Waals surface area (Å²) in [5.74, 6) is 0.951. The first-order valence-electron chi connectivity index (χ1n) is 3.00. The van der Waals surface area contributed by atoms with E-state index in [-0.39, 0.29) is 6.04 Å². The van der Waals surface area contributed by atoms with Gasteiger partial charge in [0.2, 0.25) is 0 Å². The number of aliphatic hydroxyl groups is 1. The van der Waals surface area contributed by atoms with E-state index in [2.05, 4.69) is 4.52 Å². The highest BCUT2D eigenvalue weighted by atomic mass is 32.2. The van der Waals surface area contributed by atoms with E-state index in [1.54, 1.807) is 11.8 Å². The van der Waals surface area contributed by atoms with Crippen molar-refractivity contribution >= 4 is 21.2 Å². The average Bonchev–Trinajstić information content (AvgIpc) is 1.98. The minimum absolute atomic E-state index is 0.273. The monoisotopic (exact) mass is 183 g/mol. The highest BCUT2D eigenvalue weighted by Gasteiger charge is 2.11. The molecule has 0 aliphatic rings. The molecule has 0 aromatic heterocycles. The Morgan fingerprint density at radius 2 is 2.40 bits per heavy atom. The van der Waals surface area contributed by atoms with Crippen LogP contribution in [0.3, 0.4) is 0 Å². The Morgan fingerprint density at radius 1 is 1.80 bits per heavy atom. The molecule has 5 heteroatoms. The van der Waals surface area contributed by atoms with Gasteiger partial charge >= 0.3 is 0 Å². The van der Waals surface area contributed by atoms with E-state index < -0.39 is 6.29 Å². The SMILES string of the molecule is CSCC[C@H](N)C(O)OP. The molecule has 0 rings (SSSR count). The van der Waals surface area contributed by atoms with Crippen molar-refractivity contribution in [3.05, 3.63) is 0 Å². The topological polar surface area (TPSA) is 55.5 Å². The fourth-order valence-corrected chi connectivity index (χ4v) is 1.21. The predicted molar refractivity (Wildman–Crippen MR) is 47.8 cm³/mol. The molecule has 0 amide bonds. The van der Waals surface area contributed by atoms with Gasteiger partial charge in [0.15, 0.2) is 6.29 Å². The molecule has 0 aliphatic heterocycles. The molecule has 0 radical (unpaired) electrons. The molecule has 0 saturated carbocycles. The largest absolute Gasteiger partial charge is 0.366 e. The van der Waals surface area contributed by atoms with Crippen molar-refractivity contribution in [2.75, 3.05) is 12.0 Å². The van der Waals surface area contributed by atoms with Crippen LogP contribution < -0.4 is 5.73 Å². The van der Waals surface area contributed by atoms with Crippen molar-refractivity contribution in [3.63, 3.8) is 0 Å². The zero-order valence-electron chi connectivity index (χ0n) is 5.99. The number of hydrogen-bond acceptors (Lipinski definition) is 4. The maximum Gasteiger partial charge on any atom is 0.172 e. The fourth-order valence-electron chi connectivity index (χ4n) is 0.497. The quantitative estimate of drug-likeness (QED) is 0.472. The minimum Gasteiger partial charge on any atom is -0.366 e. The summed E-state index contributed by atoms with van der Waals surface area (Å²) in [7, 11) is 1.99. The fraction of sp³-hybridized carbons (Fsp3) is 1.00. The summed E-state index contributed by atoms with van der Waals surface area (Å²) in [5.41, 5.74) is 5.51. The van der Waals surface area contributed by atoms with Gasteiger partial charge in [-0.05, 0) is 18.4 Å². The molecule has 10 heavy (non-hydrogen) atoms. The zero-order valence-corrected chi connectivity index (χ0v) is 7.96. The molecule has 62 valence electrons. The van der Waals surface area contributed by atoms with E-state index in [4.69, 9.17) is 10.8 Å². The predicted octanol–water partition coefficient (Wildman–Crippen LogP) is 0.192. The van der Waals surface area contributed by atoms with Gasteiger partial charge in [-0.25, -0.2) is 0 Å². The average molecular weight is 183 g/mol. The Hall–Kier alpha value is 0.660. The second kappa shape index (κ2) is 6.38. The van der Waals surface area contributed by atoms with Gasteiger partial charge in [0, 0.05) is 9.47 Å². The van der Waals surface area contributed by atoms with Gasteiger partial charge in [0.05, 0.1) is 6.04 Å². The zero-order chi connectivity index (χ0) is 7.98. The van der Waals surface area contributed by atoms with Crippen molar-refractivity contribution in [3.8, 4) is 0 Å². The van der Waals surface area contributed by atoms with Gasteiger partial charge in [-0.2, -0.15) is 11.8 Å². The van der Waals surface area contributed by atoms with Crippen LogP contribution >= 0.6 is 21.2 Å². The summed E-state index contributed by atoms with van der Waals surface area (Å²) < 4.78 is 4.55. The lowest BCUT2D eigenvalue weighted by molar-refractivity contribution is -0.0232. The van der Waals surface area contributed by atoms with Gasteiger partial charge in [0.25, 0.3) is 0 Å². The Bertz CT molecular complexity index is 86.0. The van der Waals surface area contributed by atoms with E-state index in [1.165, 1.54) is 0 Å². The van der Waals surface area contributed by atoms with Crippen molar-refractivity contribution < 1.29 is 9.63 Å². The molecule has 0 bridgehead atoms. The van der Waals surface area contributed by atoms with E-state index in [0.29, 0.717) is 0 Å². The van der Waals surface area contributed by atoms with Gasteiger partial charge < -0.3 is 15.4 Å². The van der Waals surface area contributed by atoms with Crippen LogP contribution in [-0.2, 0) is 4.52 Å². The molecular weight excluding hydrogens is 169 g/mol. The van der Waals surface area contributed by atoms with Crippen LogP contribution in [0.1, 0.15) is 6.42 Å². The van der Waals surface area contributed by atoms with Crippen LogP contribution in [-0.4, -0.2) is 29.4 Å². The van der Waals surface area contributed by atoms with Crippen molar-refractivity contribution in [2.45, 2.75) is 18.8 Å². The molecule has 3 nitrogen and oxygen atoms in total. The second-order valence-corrected chi connectivity index (χ2v) is 3.23. The highest BCUT2D eigenvalue weighted by molar-refractivity contribution is 7.98. The third-order valence-electron chi connectivity index (χ3n) is 1.16. The summed E-state index contributed by atoms with van der Waals surface area (Å²) >= 11 is 1.70. The van der Waals surface area contributed by atoms with E-state index in [9.17, 15) is 0 Å². The van der Waals surface area contributed by atoms with Crippen LogP contribution in [0, 0.1) is 0 Å². The van der Waals surface area contributed by atoms with Gasteiger partial charge in [-0.3, -0.25) is 0 Å². The molecule has 0 aromatic rings. The van der Waals surface area contributed by atoms with E-state index >= 15 is 0 Å². The molecule has 0 fully saturated rings. The van der Waals surface area contributed by atoms with Gasteiger partial charge in [0.1, 0.15) is 0 Å². The second-order valence-electron chi connectivity index (χ2n) is 1.97. The maximum atomic E-state index is 8.98. The van der Waals surface area contributed by atoms with E-state index in [1.807, 2.05) is 15.7 Å². The summed E-state index contributed by atoms with van der Waals surface area (Å²) in [6, 6.07) is -0.273. The summed E-state index contributed by atoms with van der Waals surface area (Å²) in [6.45, 7) is 0. The molecule has 0 saturated heterocycles. The number of thioether (sulfide) groups is 1. The first-order chi connectivity index (χ1) is 4.72. The molecule has 0 aromatic carbocycles. The first-order valence-corrected chi connectivity index (χ1v) is 4.87. The third-order valence-corrected chi connectivity index (χ3v) is 2.08. The van der Waals surface area contributed by atoms with E-state index in [0.717, 1.165) is 12.2 Å². The van der Waals surface area contributed by atoms with Crippen LogP contribution in [0.25, 0.3) is 0 Å². The van der Waals surface area contributed by atoms with Gasteiger partial charge in [-0.1, -0.05) is 0 Å². The van der Waals surface area contributed by atoms with Crippen molar-refractivity contribution in [1.82, 2.24) is 0 Å². The Balaban J connectivity index is 3.31. The molecule has 3 atom stereocenters. The normalized spacial score (nSPS) is 16.8. The number of hydrogen-bond donors (Lipinski definition) is 2. The maximum absolute atomic E-state index is 8.98. The molecule has 0 spiro atoms. The first kappa shape index (κ1) is 10.7. The molecule has 3 N–H and O–H groups in total. The lowest BCUT2D eigenvalue weighted by Gasteiger charge is -2.15. The van der Waals surface area contributed by atoms with Crippen LogP contribution in [0.15, 0.2) is 0 Å². The highest BCUT2D eigenvalue weighted by Crippen LogP contribution is 2.05. The minimum atomic E-state index is -0.850. The third kappa shape index (κ3) is 4.47. The van der Waals surface area contributed by atoms with Gasteiger partial charge in [-0.15, -0.1) is 0 Å². The lowest BCUT2D eigenvalue weighted by atomic mass is 10.2. The summed E-state index contributed by atoms with van der Waals surface area (Å²) in [6.07, 6.45) is 1.93. The van der Waals surface area contributed by atoms with Crippen molar-refractivity contribution in [2.24, 2.45) is 5.73 Å². The summed E-state index contributed by atoms with van der Waals surface area (Å²) in [4.78, 5) is 0. The Morgan fingerprint density at radius 3 is 2.80 bits per heavy atom. The Kier molecular flexibility index (Phi) is 6.80. The summed E-state index contributed by atoms with van der Waals surface area (Å²) in [5, 5.41) is 8.98. The number of aliphatic hydroxyl groups excluding tert-OH is 1. The molecular formula is C5H14NO2PS. The number of rotatable bonds is 5. The number of nitrogens with two attached hydrogens (primary N) is 1. The smallest absolute Gasteiger partial charge is 0.172 e. The van der Waals surface area contributed by atoms with Crippen molar-refractivity contribution in [1.29, 1.82) is 0 Å². The molecule has 0 heterocycles. The Labute approximate surface area is 68.0 Å². The molecule has 0 aliphatic carbocycles. The van der Waals surface area contributed by atoms with Crippen LogP contribution in [0.4, 0.5) is 0 Å². The lowest BCUT2D eigenvalue weighted by Crippen LogP contribution is -2.35. The van der Waals surface area contributed by atoms with Crippen LogP contribution in [0.5, 0.6) is 0 Å². The molecule has 2 unspecified atom stereocenters. The van der Waals surface area contributed by atoms with Crippen LogP contribution in [0.2, 0.25) is 0 Å². The standard InChI is InChI=1S/C5H14NO2PS/c1-10-3-2-4(6)5(7)8-9/h4-5,7H,2-3,6,9H2,1H3/t4-,5?/m0/s1.